The van der Waals surface area contributed by atoms with Gasteiger partial charge in [-0.3, -0.25) is 0 Å². The number of primary sulfonamides is 1. The van der Waals surface area contributed by atoms with Gasteiger partial charge < -0.3 is 13.6 Å². The monoisotopic (exact) mass is 367 g/mol. The maximum atomic E-state index is 11.2. The van der Waals surface area contributed by atoms with Gasteiger partial charge in [0.25, 0.3) is 11.1 Å². The number of benzene rings is 1. The van der Waals surface area contributed by atoms with Gasteiger partial charge in [0.1, 0.15) is 5.75 Å². The number of thioether (sulfide) groups is 1. The van der Waals surface area contributed by atoms with Gasteiger partial charge >= 0.3 is 0 Å². The van der Waals surface area contributed by atoms with Crippen molar-refractivity contribution < 1.29 is 22.0 Å². The highest BCUT2D eigenvalue weighted by Gasteiger charge is 2.11. The zero-order valence-electron chi connectivity index (χ0n) is 12.3. The predicted octanol–water partition coefficient (Wildman–Crippen LogP) is 2.15. The summed E-state index contributed by atoms with van der Waals surface area (Å²) in [5, 5.41) is 13.2. The molecule has 0 spiro atoms. The molecule has 126 valence electrons. The summed E-state index contributed by atoms with van der Waals surface area (Å²) in [5.74, 6) is 1.96. The smallest absolute Gasteiger partial charge is 0.284 e. The molecule has 0 saturated heterocycles. The molecular weight excluding hydrogens is 354 g/mol. The van der Waals surface area contributed by atoms with E-state index >= 15 is 0 Å². The number of hydrogen-bond donors (Lipinski definition) is 1. The first kappa shape index (κ1) is 16.6. The Kier molecular flexibility index (Phi) is 4.88. The quantitative estimate of drug-likeness (QED) is 0.498. The molecule has 2 heterocycles. The van der Waals surface area contributed by atoms with Crippen LogP contribution in [0.4, 0.5) is 0 Å². The van der Waals surface area contributed by atoms with E-state index in [0.29, 0.717) is 35.0 Å². The Hall–Kier alpha value is -2.30. The van der Waals surface area contributed by atoms with E-state index in [1.807, 2.05) is 0 Å². The van der Waals surface area contributed by atoms with Crippen molar-refractivity contribution in [2.45, 2.75) is 10.1 Å². The lowest BCUT2D eigenvalue weighted by Crippen LogP contribution is -2.11. The van der Waals surface area contributed by atoms with Crippen LogP contribution >= 0.6 is 11.8 Å². The summed E-state index contributed by atoms with van der Waals surface area (Å²) >= 11 is 1.34. The van der Waals surface area contributed by atoms with Gasteiger partial charge in [-0.25, -0.2) is 13.6 Å². The van der Waals surface area contributed by atoms with Crippen molar-refractivity contribution in [2.24, 2.45) is 5.14 Å². The van der Waals surface area contributed by atoms with Crippen molar-refractivity contribution >= 4 is 21.8 Å². The third-order valence-corrected chi connectivity index (χ3v) is 4.58. The number of aromatic nitrogens is 2. The fourth-order valence-corrected chi connectivity index (χ4v) is 2.88. The maximum absolute atomic E-state index is 11.2. The van der Waals surface area contributed by atoms with Gasteiger partial charge in [0.15, 0.2) is 5.76 Å². The largest absolute Gasteiger partial charge is 0.493 e. The van der Waals surface area contributed by atoms with Gasteiger partial charge in [0.2, 0.25) is 10.0 Å². The molecule has 24 heavy (non-hydrogen) atoms. The van der Waals surface area contributed by atoms with E-state index in [4.69, 9.17) is 18.7 Å². The molecule has 0 aliphatic rings. The van der Waals surface area contributed by atoms with Crippen molar-refractivity contribution in [3.05, 3.63) is 42.7 Å². The molecule has 1 aromatic carbocycles. The molecule has 0 unspecified atom stereocenters. The van der Waals surface area contributed by atoms with Crippen molar-refractivity contribution in [3.63, 3.8) is 0 Å². The third kappa shape index (κ3) is 4.16. The maximum Gasteiger partial charge on any atom is 0.284 e. The number of hydrogen-bond acceptors (Lipinski definition) is 8. The van der Waals surface area contributed by atoms with Crippen LogP contribution in [0.25, 0.3) is 11.7 Å². The van der Waals surface area contributed by atoms with Crippen molar-refractivity contribution in [2.75, 3.05) is 12.4 Å². The summed E-state index contributed by atoms with van der Waals surface area (Å²) < 4.78 is 38.4. The minimum Gasteiger partial charge on any atom is -0.493 e. The molecule has 0 aliphatic carbocycles. The normalized spacial score (nSPS) is 11.5. The van der Waals surface area contributed by atoms with Gasteiger partial charge in [-0.1, -0.05) is 11.8 Å². The van der Waals surface area contributed by atoms with Crippen molar-refractivity contribution in [1.29, 1.82) is 0 Å². The number of ether oxygens (including phenoxy) is 1. The van der Waals surface area contributed by atoms with Crippen LogP contribution in [0.2, 0.25) is 0 Å². The molecule has 0 radical (unpaired) electrons. The molecule has 0 saturated carbocycles. The molecule has 0 aliphatic heterocycles. The lowest BCUT2D eigenvalue weighted by atomic mass is 10.3. The van der Waals surface area contributed by atoms with Gasteiger partial charge in [-0.05, 0) is 36.4 Å². The SMILES string of the molecule is NS(=O)(=O)c1ccc(OCCSc2nnc(-c3ccco3)o2)cc1. The summed E-state index contributed by atoms with van der Waals surface area (Å²) in [7, 11) is -3.69. The van der Waals surface area contributed by atoms with E-state index in [-0.39, 0.29) is 4.90 Å². The summed E-state index contributed by atoms with van der Waals surface area (Å²) in [5.41, 5.74) is 0. The van der Waals surface area contributed by atoms with Crippen molar-refractivity contribution in [1.82, 2.24) is 10.2 Å². The lowest BCUT2D eigenvalue weighted by Gasteiger charge is -2.05. The van der Waals surface area contributed by atoms with Crippen LogP contribution in [0.3, 0.4) is 0 Å². The van der Waals surface area contributed by atoms with E-state index in [9.17, 15) is 8.42 Å². The summed E-state index contributed by atoms with van der Waals surface area (Å²) in [6, 6.07) is 9.35. The van der Waals surface area contributed by atoms with E-state index in [1.54, 1.807) is 24.3 Å². The number of rotatable bonds is 7. The Labute approximate surface area is 142 Å². The fraction of sp³-hybridized carbons (Fsp3) is 0.143. The average molecular weight is 367 g/mol. The minimum absolute atomic E-state index is 0.0422. The number of furan rings is 1. The predicted molar refractivity (Wildman–Crippen MR) is 86.0 cm³/mol. The molecule has 2 aromatic heterocycles. The van der Waals surface area contributed by atoms with Crippen LogP contribution in [0.5, 0.6) is 5.75 Å². The Morgan fingerprint density at radius 1 is 1.17 bits per heavy atom. The summed E-state index contributed by atoms with van der Waals surface area (Å²) in [6.45, 7) is 0.387. The summed E-state index contributed by atoms with van der Waals surface area (Å²) in [4.78, 5) is 0.0422. The minimum atomic E-state index is -3.69. The molecule has 3 rings (SSSR count). The first-order valence-corrected chi connectivity index (χ1v) is 9.31. The van der Waals surface area contributed by atoms with Crippen LogP contribution in [-0.4, -0.2) is 31.0 Å². The van der Waals surface area contributed by atoms with E-state index in [1.165, 1.54) is 30.2 Å². The average Bonchev–Trinajstić information content (AvgIpc) is 3.22. The van der Waals surface area contributed by atoms with Crippen LogP contribution in [0.15, 0.2) is 61.6 Å². The Balaban J connectivity index is 1.47. The van der Waals surface area contributed by atoms with Gasteiger partial charge in [0, 0.05) is 5.75 Å². The molecule has 2 N–H and O–H groups in total. The number of nitrogens with zero attached hydrogens (tertiary/aromatic N) is 2. The van der Waals surface area contributed by atoms with Gasteiger partial charge in [0.05, 0.1) is 17.8 Å². The van der Waals surface area contributed by atoms with Gasteiger partial charge in [-0.2, -0.15) is 0 Å². The third-order valence-electron chi connectivity index (χ3n) is 2.87. The molecule has 0 amide bonds. The zero-order chi connectivity index (χ0) is 17.0. The Morgan fingerprint density at radius 3 is 2.62 bits per heavy atom. The van der Waals surface area contributed by atoms with E-state index < -0.39 is 10.0 Å². The highest BCUT2D eigenvalue weighted by Crippen LogP contribution is 2.23. The van der Waals surface area contributed by atoms with Crippen molar-refractivity contribution in [3.8, 4) is 17.4 Å². The molecule has 10 heteroatoms. The Bertz CT molecular complexity index is 889. The molecule has 0 atom stereocenters. The highest BCUT2D eigenvalue weighted by atomic mass is 32.2. The first-order valence-electron chi connectivity index (χ1n) is 6.78. The highest BCUT2D eigenvalue weighted by molar-refractivity contribution is 7.99. The second kappa shape index (κ2) is 7.07. The molecule has 0 bridgehead atoms. The topological polar surface area (TPSA) is 121 Å². The zero-order valence-corrected chi connectivity index (χ0v) is 13.9. The summed E-state index contributed by atoms with van der Waals surface area (Å²) in [6.07, 6.45) is 1.53. The standard InChI is InChI=1S/C14H13N3O5S2/c15-24(18,19)11-5-3-10(4-6-11)20-8-9-23-14-17-16-13(22-14)12-2-1-7-21-12/h1-7H,8-9H2,(H2,15,18,19). The number of sulfonamides is 1. The molecular formula is C14H13N3O5S2. The second-order valence-corrected chi connectivity index (χ2v) is 7.17. The van der Waals surface area contributed by atoms with E-state index in [2.05, 4.69) is 10.2 Å². The molecule has 8 nitrogen and oxygen atoms in total. The Morgan fingerprint density at radius 2 is 1.96 bits per heavy atom. The van der Waals surface area contributed by atoms with Crippen LogP contribution in [0.1, 0.15) is 0 Å². The van der Waals surface area contributed by atoms with Crippen LogP contribution in [0, 0.1) is 0 Å². The second-order valence-electron chi connectivity index (χ2n) is 4.56. The molecule has 3 aromatic rings. The van der Waals surface area contributed by atoms with Crippen LogP contribution in [-0.2, 0) is 10.0 Å². The number of nitrogens with two attached hydrogens (primary N) is 1. The van der Waals surface area contributed by atoms with Crippen LogP contribution < -0.4 is 9.88 Å². The van der Waals surface area contributed by atoms with E-state index in [0.717, 1.165) is 0 Å². The van der Waals surface area contributed by atoms with Gasteiger partial charge in [-0.15, -0.1) is 10.2 Å². The fourth-order valence-electron chi connectivity index (χ4n) is 1.78. The lowest BCUT2D eigenvalue weighted by molar-refractivity contribution is 0.343. The first-order chi connectivity index (χ1) is 11.5. The molecule has 0 fully saturated rings.